The number of aldehydes is 2. The van der Waals surface area contributed by atoms with Crippen LogP contribution in [0.25, 0.3) is 5.70 Å². The molecule has 0 bridgehead atoms. The Labute approximate surface area is 203 Å². The van der Waals surface area contributed by atoms with Crippen LogP contribution in [-0.2, 0) is 14.4 Å². The van der Waals surface area contributed by atoms with Crippen molar-refractivity contribution in [1.82, 2.24) is 20.1 Å². The highest BCUT2D eigenvalue weighted by molar-refractivity contribution is 5.99. The standard InChI is InChI=1S/C13H18N2O3.C11H14F2N4/c1-14(11-4-5-11)13(18)12-10(9-17)3-2-6-15(12)7-8-16;1-16-10(15)3-2-9(14)7-4-8(11(12)13)6-17-5-7/h8-9,11H,2-7H2,1H3;2-6,11,16H,14-15H2,1H3/b;9-2-,10-3+. The number of amides is 1. The number of hydrogen-bond donors (Lipinski definition) is 3. The highest BCUT2D eigenvalue weighted by Gasteiger charge is 2.34. The molecule has 0 spiro atoms. The van der Waals surface area contributed by atoms with Crippen LogP contribution in [0, 0.1) is 0 Å². The quantitative estimate of drug-likeness (QED) is 0.352. The molecule has 0 saturated heterocycles. The average molecular weight is 491 g/mol. The molecule has 2 heterocycles. The van der Waals surface area contributed by atoms with Gasteiger partial charge in [-0.2, -0.15) is 0 Å². The van der Waals surface area contributed by atoms with Gasteiger partial charge in [0.05, 0.1) is 12.4 Å². The first kappa shape index (κ1) is 27.5. The fraction of sp³-hybridized carbons (Fsp3) is 0.417. The molecule has 1 aliphatic carbocycles. The fourth-order valence-electron chi connectivity index (χ4n) is 3.44. The zero-order valence-electron chi connectivity index (χ0n) is 19.9. The van der Waals surface area contributed by atoms with Gasteiger partial charge in [-0.05, 0) is 43.9 Å². The summed E-state index contributed by atoms with van der Waals surface area (Å²) in [6.07, 6.45) is 8.06. The molecule has 1 aromatic heterocycles. The van der Waals surface area contributed by atoms with Crippen molar-refractivity contribution in [3.63, 3.8) is 0 Å². The monoisotopic (exact) mass is 490 g/mol. The van der Waals surface area contributed by atoms with Crippen LogP contribution in [0.3, 0.4) is 0 Å². The van der Waals surface area contributed by atoms with Crippen molar-refractivity contribution in [1.29, 1.82) is 0 Å². The minimum Gasteiger partial charge on any atom is -0.398 e. The maximum atomic E-state index is 12.4. The molecule has 1 fully saturated rings. The summed E-state index contributed by atoms with van der Waals surface area (Å²) >= 11 is 0. The van der Waals surface area contributed by atoms with E-state index >= 15 is 0 Å². The Balaban J connectivity index is 0.000000247. The third-order valence-electron chi connectivity index (χ3n) is 5.63. The lowest BCUT2D eigenvalue weighted by Gasteiger charge is -2.32. The van der Waals surface area contributed by atoms with Crippen molar-refractivity contribution < 1.29 is 23.2 Å². The molecule has 190 valence electrons. The zero-order valence-corrected chi connectivity index (χ0v) is 19.9. The summed E-state index contributed by atoms with van der Waals surface area (Å²) < 4.78 is 24.9. The van der Waals surface area contributed by atoms with Crippen LogP contribution in [0.2, 0.25) is 0 Å². The first-order chi connectivity index (χ1) is 16.7. The number of carbonyl (C=O) groups is 3. The van der Waals surface area contributed by atoms with Gasteiger partial charge in [0.25, 0.3) is 12.3 Å². The number of nitrogens with one attached hydrogen (secondary N) is 1. The maximum Gasteiger partial charge on any atom is 0.270 e. The predicted molar refractivity (Wildman–Crippen MR) is 128 cm³/mol. The molecule has 1 aromatic rings. The third kappa shape index (κ3) is 7.90. The molecule has 0 atom stereocenters. The number of nitrogens with zero attached hydrogens (tertiary/aromatic N) is 3. The van der Waals surface area contributed by atoms with Gasteiger partial charge >= 0.3 is 0 Å². The van der Waals surface area contributed by atoms with Crippen molar-refractivity contribution in [3.8, 4) is 0 Å². The molecule has 1 saturated carbocycles. The number of alkyl halides is 2. The Bertz CT molecular complexity index is 1000. The molecule has 11 heteroatoms. The number of allylic oxidation sites excluding steroid dienone is 3. The van der Waals surface area contributed by atoms with Crippen LogP contribution in [0.5, 0.6) is 0 Å². The Morgan fingerprint density at radius 2 is 2.00 bits per heavy atom. The van der Waals surface area contributed by atoms with Crippen LogP contribution in [0.1, 0.15) is 43.2 Å². The van der Waals surface area contributed by atoms with E-state index in [2.05, 4.69) is 10.3 Å². The van der Waals surface area contributed by atoms with Crippen LogP contribution in [-0.4, -0.2) is 66.5 Å². The summed E-state index contributed by atoms with van der Waals surface area (Å²) in [5.41, 5.74) is 12.8. The molecule has 35 heavy (non-hydrogen) atoms. The summed E-state index contributed by atoms with van der Waals surface area (Å²) in [6, 6.07) is 1.60. The highest BCUT2D eigenvalue weighted by atomic mass is 19.3. The molecule has 0 radical (unpaired) electrons. The number of aromatic nitrogens is 1. The van der Waals surface area contributed by atoms with Crippen LogP contribution in [0.4, 0.5) is 8.78 Å². The van der Waals surface area contributed by atoms with E-state index in [1.165, 1.54) is 18.3 Å². The topological polar surface area (TPSA) is 135 Å². The molecule has 3 rings (SSSR count). The average Bonchev–Trinajstić information content (AvgIpc) is 3.72. The lowest BCUT2D eigenvalue weighted by Crippen LogP contribution is -2.41. The zero-order chi connectivity index (χ0) is 26.0. The molecular weight excluding hydrogens is 458 g/mol. The van der Waals surface area contributed by atoms with Crippen LogP contribution in [0.15, 0.2) is 47.7 Å². The molecule has 2 aliphatic rings. The minimum absolute atomic E-state index is 0.124. The van der Waals surface area contributed by atoms with Gasteiger partial charge in [-0.1, -0.05) is 0 Å². The molecule has 1 aliphatic heterocycles. The Morgan fingerprint density at radius 1 is 1.29 bits per heavy atom. The van der Waals surface area contributed by atoms with Gasteiger partial charge in [0, 0.05) is 61.5 Å². The number of hydrogen-bond acceptors (Lipinski definition) is 8. The van der Waals surface area contributed by atoms with Gasteiger partial charge in [-0.25, -0.2) is 8.78 Å². The summed E-state index contributed by atoms with van der Waals surface area (Å²) in [5, 5.41) is 2.70. The number of carbonyl (C=O) groups excluding carboxylic acids is 3. The van der Waals surface area contributed by atoms with Crippen molar-refractivity contribution in [2.75, 3.05) is 27.2 Å². The van der Waals surface area contributed by atoms with Gasteiger partial charge in [-0.3, -0.25) is 14.6 Å². The lowest BCUT2D eigenvalue weighted by molar-refractivity contribution is -0.128. The molecule has 5 N–H and O–H groups in total. The van der Waals surface area contributed by atoms with Crippen molar-refractivity contribution in [2.24, 2.45) is 11.5 Å². The van der Waals surface area contributed by atoms with Gasteiger partial charge < -0.3 is 31.4 Å². The van der Waals surface area contributed by atoms with E-state index in [9.17, 15) is 23.2 Å². The van der Waals surface area contributed by atoms with Crippen LogP contribution < -0.4 is 16.8 Å². The van der Waals surface area contributed by atoms with Crippen molar-refractivity contribution >= 4 is 24.2 Å². The second-order valence-corrected chi connectivity index (χ2v) is 8.16. The van der Waals surface area contributed by atoms with Crippen molar-refractivity contribution in [2.45, 2.75) is 38.2 Å². The summed E-state index contributed by atoms with van der Waals surface area (Å²) in [7, 11) is 3.43. The number of rotatable bonds is 9. The Kier molecular flexibility index (Phi) is 10.4. The van der Waals surface area contributed by atoms with E-state index in [-0.39, 0.29) is 18.0 Å². The second-order valence-electron chi connectivity index (χ2n) is 8.16. The first-order valence-electron chi connectivity index (χ1n) is 11.2. The largest absolute Gasteiger partial charge is 0.398 e. The van der Waals surface area contributed by atoms with E-state index < -0.39 is 6.43 Å². The Hall–Kier alpha value is -3.76. The summed E-state index contributed by atoms with van der Waals surface area (Å²) in [4.78, 5) is 41.3. The summed E-state index contributed by atoms with van der Waals surface area (Å²) in [6.45, 7) is 0.840. The molecule has 1 amide bonds. The smallest absolute Gasteiger partial charge is 0.270 e. The van der Waals surface area contributed by atoms with Gasteiger partial charge in [0.1, 0.15) is 18.3 Å². The molecule has 0 unspecified atom stereocenters. The third-order valence-corrected chi connectivity index (χ3v) is 5.63. The van der Waals surface area contributed by atoms with Crippen molar-refractivity contribution in [3.05, 3.63) is 58.8 Å². The second kappa shape index (κ2) is 13.2. The van der Waals surface area contributed by atoms with E-state index in [0.29, 0.717) is 47.4 Å². The number of likely N-dealkylation sites (N-methyl/N-ethyl adjacent to an activating group) is 1. The van der Waals surface area contributed by atoms with E-state index in [0.717, 1.165) is 38.0 Å². The van der Waals surface area contributed by atoms with E-state index in [1.54, 1.807) is 30.0 Å². The van der Waals surface area contributed by atoms with E-state index in [1.807, 2.05) is 0 Å². The van der Waals surface area contributed by atoms with E-state index in [4.69, 9.17) is 11.5 Å². The first-order valence-corrected chi connectivity index (χ1v) is 11.2. The SMILES string of the molecule is CN(C(=O)C1=C(C=O)CCCN1CC=O)C1CC1.CN/C(N)=C/C=C(\N)c1cncc(C(F)F)c1. The summed E-state index contributed by atoms with van der Waals surface area (Å²) in [5.74, 6) is 0.298. The molecule has 0 aromatic carbocycles. The minimum atomic E-state index is -2.56. The number of pyridine rings is 1. The van der Waals surface area contributed by atoms with Gasteiger partial charge in [0.15, 0.2) is 0 Å². The molecular formula is C24H32F2N6O3. The number of nitrogens with two attached hydrogens (primary N) is 2. The normalized spacial score (nSPS) is 16.4. The Morgan fingerprint density at radius 3 is 2.57 bits per heavy atom. The lowest BCUT2D eigenvalue weighted by atomic mass is 10.0. The predicted octanol–water partition coefficient (Wildman–Crippen LogP) is 1.69. The maximum absolute atomic E-state index is 12.4. The highest BCUT2D eigenvalue weighted by Crippen LogP contribution is 2.29. The van der Waals surface area contributed by atoms with Crippen LogP contribution >= 0.6 is 0 Å². The van der Waals surface area contributed by atoms with Gasteiger partial charge in [0.2, 0.25) is 0 Å². The number of halogens is 2. The van der Waals surface area contributed by atoms with Gasteiger partial charge in [-0.15, -0.1) is 0 Å². The fourth-order valence-corrected chi connectivity index (χ4v) is 3.44. The molecule has 9 nitrogen and oxygen atoms in total.